The maximum atomic E-state index is 12.6. The Labute approximate surface area is 187 Å². The van der Waals surface area contributed by atoms with Crippen LogP contribution in [-0.2, 0) is 0 Å². The normalized spacial score (nSPS) is 10.7. The van der Waals surface area contributed by atoms with Crippen LogP contribution in [-0.4, -0.2) is 20.2 Å². The summed E-state index contributed by atoms with van der Waals surface area (Å²) >= 11 is 1.32. The van der Waals surface area contributed by atoms with E-state index in [1.54, 1.807) is 30.6 Å². The molecular weight excluding hydrogens is 432 g/mol. The number of benzene rings is 2. The van der Waals surface area contributed by atoms with Gasteiger partial charge in [0.05, 0.1) is 10.9 Å². The van der Waals surface area contributed by atoms with Gasteiger partial charge in [-0.3, -0.25) is 9.78 Å². The summed E-state index contributed by atoms with van der Waals surface area (Å²) in [4.78, 5) is 20.0. The molecule has 0 saturated heterocycles. The zero-order chi connectivity index (χ0) is 20.7. The van der Waals surface area contributed by atoms with Crippen LogP contribution in [0, 0.1) is 0 Å². The molecular formula is C24H17ClN2O3S. The van der Waals surface area contributed by atoms with Gasteiger partial charge in [-0.1, -0.05) is 36.4 Å². The first kappa shape index (κ1) is 20.7. The van der Waals surface area contributed by atoms with Gasteiger partial charge in [0, 0.05) is 28.9 Å². The summed E-state index contributed by atoms with van der Waals surface area (Å²) in [5.74, 6) is 0.00434. The van der Waals surface area contributed by atoms with E-state index >= 15 is 0 Å². The number of pyridine rings is 2. The Morgan fingerprint density at radius 1 is 0.839 bits per heavy atom. The summed E-state index contributed by atoms with van der Waals surface area (Å²) in [6, 6.07) is 18.2. The highest BCUT2D eigenvalue weighted by Gasteiger charge is 2.20. The number of halogens is 1. The Bertz CT molecular complexity index is 1430. The van der Waals surface area contributed by atoms with E-state index in [4.69, 9.17) is 0 Å². The predicted molar refractivity (Wildman–Crippen MR) is 127 cm³/mol. The molecule has 0 bridgehead atoms. The highest BCUT2D eigenvalue weighted by atomic mass is 35.5. The van der Waals surface area contributed by atoms with Crippen LogP contribution >= 0.6 is 23.7 Å². The minimum Gasteiger partial charge on any atom is -0.507 e. The molecule has 5 rings (SSSR count). The molecule has 31 heavy (non-hydrogen) atoms. The highest BCUT2D eigenvalue weighted by Crippen LogP contribution is 2.44. The molecule has 5 aromatic rings. The monoisotopic (exact) mass is 448 g/mol. The van der Waals surface area contributed by atoms with Gasteiger partial charge in [-0.25, -0.2) is 0 Å². The third-order valence-electron chi connectivity index (χ3n) is 5.08. The second-order valence-electron chi connectivity index (χ2n) is 6.87. The number of aromatic amines is 1. The summed E-state index contributed by atoms with van der Waals surface area (Å²) in [5, 5.41) is 24.1. The highest BCUT2D eigenvalue weighted by molar-refractivity contribution is 7.17. The van der Waals surface area contributed by atoms with Gasteiger partial charge in [0.1, 0.15) is 16.3 Å². The first-order valence-electron chi connectivity index (χ1n) is 9.29. The van der Waals surface area contributed by atoms with Crippen LogP contribution in [0.4, 0.5) is 0 Å². The molecule has 0 atom stereocenters. The lowest BCUT2D eigenvalue weighted by Crippen LogP contribution is -2.08. The fraction of sp³-hybridized carbons (Fsp3) is 0. The second kappa shape index (κ2) is 8.26. The largest absolute Gasteiger partial charge is 0.507 e. The van der Waals surface area contributed by atoms with Crippen molar-refractivity contribution in [3.63, 3.8) is 0 Å². The minimum atomic E-state index is -0.350. The summed E-state index contributed by atoms with van der Waals surface area (Å²) in [5.41, 5.74) is 3.56. The van der Waals surface area contributed by atoms with Gasteiger partial charge in [0.25, 0.3) is 5.56 Å². The smallest absolute Gasteiger partial charge is 0.260 e. The topological polar surface area (TPSA) is 86.2 Å². The lowest BCUT2D eigenvalue weighted by molar-refractivity contribution is 0.477. The van der Waals surface area contributed by atoms with Gasteiger partial charge in [0.15, 0.2) is 0 Å². The number of phenols is 1. The van der Waals surface area contributed by atoms with Crippen molar-refractivity contribution in [2.24, 2.45) is 0 Å². The van der Waals surface area contributed by atoms with Crippen molar-refractivity contribution in [3.8, 4) is 44.9 Å². The number of hydrogen-bond donors (Lipinski definition) is 3. The SMILES string of the molecule is Cl.O=c1[nH]c2scc(-c3ccc(-c4ccncc4)cc3O)c2c(O)c1-c1ccccc1. The first-order valence-corrected chi connectivity index (χ1v) is 10.2. The standard InChI is InChI=1S/C24H16N2O3S.ClH/c27-19-12-16(14-8-10-25-11-9-14)6-7-17(19)18-13-30-24-21(18)22(28)20(23(29)26-24)15-4-2-1-3-5-15;/h1-13,27H,(H2,26,28,29);1H. The Morgan fingerprint density at radius 2 is 1.58 bits per heavy atom. The Balaban J connectivity index is 0.00000231. The molecule has 0 saturated carbocycles. The van der Waals surface area contributed by atoms with E-state index < -0.39 is 0 Å². The molecule has 0 aliphatic carbocycles. The van der Waals surface area contributed by atoms with Crippen LogP contribution in [0.1, 0.15) is 0 Å². The van der Waals surface area contributed by atoms with Crippen molar-refractivity contribution < 1.29 is 10.2 Å². The lowest BCUT2D eigenvalue weighted by atomic mass is 9.98. The van der Waals surface area contributed by atoms with Crippen molar-refractivity contribution in [2.45, 2.75) is 0 Å². The van der Waals surface area contributed by atoms with Crippen LogP contribution in [0.5, 0.6) is 11.5 Å². The van der Waals surface area contributed by atoms with E-state index in [1.165, 1.54) is 11.3 Å². The third-order valence-corrected chi connectivity index (χ3v) is 5.98. The summed E-state index contributed by atoms with van der Waals surface area (Å²) in [7, 11) is 0. The van der Waals surface area contributed by atoms with Gasteiger partial charge in [-0.2, -0.15) is 0 Å². The Morgan fingerprint density at radius 3 is 2.29 bits per heavy atom. The number of hydrogen-bond acceptors (Lipinski definition) is 5. The Hall–Kier alpha value is -3.61. The van der Waals surface area contributed by atoms with Crippen LogP contribution in [0.25, 0.3) is 43.6 Å². The summed E-state index contributed by atoms with van der Waals surface area (Å²) in [6.07, 6.45) is 3.40. The summed E-state index contributed by atoms with van der Waals surface area (Å²) in [6.45, 7) is 0. The van der Waals surface area contributed by atoms with E-state index in [9.17, 15) is 15.0 Å². The number of rotatable bonds is 3. The van der Waals surface area contributed by atoms with Gasteiger partial charge in [-0.05, 0) is 41.0 Å². The fourth-order valence-corrected chi connectivity index (χ4v) is 4.59. The molecule has 0 fully saturated rings. The Kier molecular flexibility index (Phi) is 5.50. The van der Waals surface area contributed by atoms with Crippen LogP contribution in [0.2, 0.25) is 0 Å². The molecule has 3 N–H and O–H groups in total. The maximum Gasteiger partial charge on any atom is 0.260 e. The molecule has 0 aliphatic rings. The van der Waals surface area contributed by atoms with Crippen molar-refractivity contribution in [2.75, 3.05) is 0 Å². The zero-order valence-corrected chi connectivity index (χ0v) is 17.7. The number of aromatic nitrogens is 2. The molecule has 0 amide bonds. The van der Waals surface area contributed by atoms with Gasteiger partial charge < -0.3 is 15.2 Å². The molecule has 5 nitrogen and oxygen atoms in total. The lowest BCUT2D eigenvalue weighted by Gasteiger charge is -2.10. The van der Waals surface area contributed by atoms with Gasteiger partial charge in [-0.15, -0.1) is 23.7 Å². The molecule has 7 heteroatoms. The number of H-pyrrole nitrogens is 1. The zero-order valence-electron chi connectivity index (χ0n) is 16.1. The average Bonchev–Trinajstić information content (AvgIpc) is 3.19. The predicted octanol–water partition coefficient (Wildman–Crippen LogP) is 5.82. The molecule has 0 spiro atoms. The maximum absolute atomic E-state index is 12.6. The molecule has 0 aliphatic heterocycles. The van der Waals surface area contributed by atoms with Crippen LogP contribution < -0.4 is 5.56 Å². The van der Waals surface area contributed by atoms with Crippen molar-refractivity contribution in [1.29, 1.82) is 0 Å². The van der Waals surface area contributed by atoms with E-state index in [-0.39, 0.29) is 35.0 Å². The van der Waals surface area contributed by atoms with E-state index in [1.807, 2.05) is 47.8 Å². The molecule has 0 unspecified atom stereocenters. The van der Waals surface area contributed by atoms with E-state index in [2.05, 4.69) is 9.97 Å². The average molecular weight is 449 g/mol. The fourth-order valence-electron chi connectivity index (χ4n) is 3.64. The first-order chi connectivity index (χ1) is 14.6. The molecule has 0 radical (unpaired) electrons. The molecule has 2 aromatic carbocycles. The van der Waals surface area contributed by atoms with E-state index in [0.29, 0.717) is 26.9 Å². The molecule has 154 valence electrons. The second-order valence-corrected chi connectivity index (χ2v) is 7.74. The van der Waals surface area contributed by atoms with Gasteiger partial charge >= 0.3 is 0 Å². The third kappa shape index (κ3) is 3.56. The number of nitrogens with one attached hydrogen (secondary N) is 1. The quantitative estimate of drug-likeness (QED) is 0.324. The number of phenolic OH excluding ortho intramolecular Hbond substituents is 1. The minimum absolute atomic E-state index is 0. The number of fused-ring (bicyclic) bond motifs is 1. The van der Waals surface area contributed by atoms with Crippen LogP contribution in [0.3, 0.4) is 0 Å². The van der Waals surface area contributed by atoms with Crippen LogP contribution in [0.15, 0.2) is 83.2 Å². The number of thiophene rings is 1. The van der Waals surface area contributed by atoms with Crippen molar-refractivity contribution in [1.82, 2.24) is 9.97 Å². The van der Waals surface area contributed by atoms with Crippen molar-refractivity contribution >= 4 is 34.0 Å². The van der Waals surface area contributed by atoms with Gasteiger partial charge in [0.2, 0.25) is 0 Å². The molecule has 3 heterocycles. The summed E-state index contributed by atoms with van der Waals surface area (Å²) < 4.78 is 0. The molecule has 3 aromatic heterocycles. The van der Waals surface area contributed by atoms with Crippen molar-refractivity contribution in [3.05, 3.63) is 88.8 Å². The number of aromatic hydroxyl groups is 2. The number of nitrogens with zero attached hydrogens (tertiary/aromatic N) is 1. The van der Waals surface area contributed by atoms with E-state index in [0.717, 1.165) is 11.1 Å².